The largest absolute Gasteiger partial charge is 0.303 e. The van der Waals surface area contributed by atoms with E-state index in [2.05, 4.69) is 24.9 Å². The highest BCUT2D eigenvalue weighted by atomic mass is 15.1. The zero-order chi connectivity index (χ0) is 7.40. The topological polar surface area (TPSA) is 3.24 Å². The van der Waals surface area contributed by atoms with Crippen molar-refractivity contribution in [2.45, 2.75) is 26.2 Å². The number of allylic oxidation sites excluding steroid dienone is 1. The molecule has 0 aromatic heterocycles. The summed E-state index contributed by atoms with van der Waals surface area (Å²) in [5, 5.41) is 0. The lowest BCUT2D eigenvalue weighted by atomic mass is 10.1. The fourth-order valence-corrected chi connectivity index (χ4v) is 1.29. The highest BCUT2D eigenvalue weighted by molar-refractivity contribution is 4.99. The van der Waals surface area contributed by atoms with E-state index in [1.807, 2.05) is 0 Å². The van der Waals surface area contributed by atoms with E-state index < -0.39 is 0 Å². The monoisotopic (exact) mass is 139 g/mol. The van der Waals surface area contributed by atoms with Crippen LogP contribution in [-0.2, 0) is 0 Å². The molecule has 0 atom stereocenters. The Bertz CT molecular complexity index is 127. The standard InChI is InChI=1S/C9H17N/c1-9-5-3-4-7-10(2)8-6-9/h6H,3-5,7-8H2,1-2H3. The molecule has 0 aromatic rings. The quantitative estimate of drug-likeness (QED) is 0.464. The molecule has 1 aliphatic rings. The van der Waals surface area contributed by atoms with E-state index in [4.69, 9.17) is 0 Å². The van der Waals surface area contributed by atoms with Crippen LogP contribution < -0.4 is 0 Å². The molecule has 0 saturated carbocycles. The minimum absolute atomic E-state index is 1.14. The van der Waals surface area contributed by atoms with Crippen LogP contribution in [0.2, 0.25) is 0 Å². The predicted octanol–water partition coefficient (Wildman–Crippen LogP) is 2.05. The summed E-state index contributed by atoms with van der Waals surface area (Å²) in [6.07, 6.45) is 6.39. The van der Waals surface area contributed by atoms with Crippen molar-refractivity contribution in [2.75, 3.05) is 20.1 Å². The van der Waals surface area contributed by atoms with Gasteiger partial charge in [0.1, 0.15) is 0 Å². The Balaban J connectivity index is 2.42. The van der Waals surface area contributed by atoms with E-state index in [0.29, 0.717) is 0 Å². The van der Waals surface area contributed by atoms with Crippen molar-refractivity contribution in [1.29, 1.82) is 0 Å². The smallest absolute Gasteiger partial charge is 0.0162 e. The second-order valence-electron chi connectivity index (χ2n) is 3.27. The minimum Gasteiger partial charge on any atom is -0.303 e. The summed E-state index contributed by atoms with van der Waals surface area (Å²) in [7, 11) is 2.19. The first-order chi connectivity index (χ1) is 4.79. The van der Waals surface area contributed by atoms with Gasteiger partial charge in [0, 0.05) is 6.54 Å². The average Bonchev–Trinajstić information content (AvgIpc) is 1.90. The molecular weight excluding hydrogens is 122 g/mol. The Kier molecular flexibility index (Phi) is 2.94. The number of likely N-dealkylation sites (N-methyl/N-ethyl adjacent to an activating group) is 1. The molecule has 0 spiro atoms. The molecule has 0 amide bonds. The van der Waals surface area contributed by atoms with Crippen LogP contribution in [0.5, 0.6) is 0 Å². The molecule has 0 unspecified atom stereocenters. The number of hydrogen-bond donors (Lipinski definition) is 0. The van der Waals surface area contributed by atoms with Crippen LogP contribution in [0.25, 0.3) is 0 Å². The first-order valence-corrected chi connectivity index (χ1v) is 4.13. The maximum absolute atomic E-state index is 2.38. The molecule has 1 aliphatic heterocycles. The SMILES string of the molecule is CC1=CCN(C)CCCC1. The van der Waals surface area contributed by atoms with Crippen molar-refractivity contribution in [2.24, 2.45) is 0 Å². The van der Waals surface area contributed by atoms with Crippen molar-refractivity contribution < 1.29 is 0 Å². The number of hydrogen-bond acceptors (Lipinski definition) is 1. The number of nitrogens with zero attached hydrogens (tertiary/aromatic N) is 1. The van der Waals surface area contributed by atoms with Gasteiger partial charge in [-0.25, -0.2) is 0 Å². The summed E-state index contributed by atoms with van der Waals surface area (Å²) >= 11 is 0. The molecule has 0 radical (unpaired) electrons. The molecule has 0 aromatic carbocycles. The van der Waals surface area contributed by atoms with Gasteiger partial charge in [0.15, 0.2) is 0 Å². The van der Waals surface area contributed by atoms with Crippen LogP contribution in [0, 0.1) is 0 Å². The van der Waals surface area contributed by atoms with Gasteiger partial charge in [0.2, 0.25) is 0 Å². The molecule has 1 heteroatoms. The van der Waals surface area contributed by atoms with Crippen molar-refractivity contribution in [3.8, 4) is 0 Å². The van der Waals surface area contributed by atoms with E-state index in [0.717, 1.165) is 6.54 Å². The van der Waals surface area contributed by atoms with Crippen LogP contribution in [-0.4, -0.2) is 25.0 Å². The highest BCUT2D eigenvalue weighted by Gasteiger charge is 2.00. The molecule has 0 N–H and O–H groups in total. The third kappa shape index (κ3) is 2.53. The second kappa shape index (κ2) is 3.77. The first kappa shape index (κ1) is 7.80. The van der Waals surface area contributed by atoms with Crippen LogP contribution in [0.4, 0.5) is 0 Å². The second-order valence-corrected chi connectivity index (χ2v) is 3.27. The normalized spacial score (nSPS) is 23.2. The molecule has 0 fully saturated rings. The molecule has 1 rings (SSSR count). The maximum atomic E-state index is 2.38. The van der Waals surface area contributed by atoms with Crippen LogP contribution in [0.3, 0.4) is 0 Å². The molecule has 1 nitrogen and oxygen atoms in total. The molecular formula is C9H17N. The van der Waals surface area contributed by atoms with Gasteiger partial charge in [0.25, 0.3) is 0 Å². The van der Waals surface area contributed by atoms with Crippen LogP contribution in [0.1, 0.15) is 26.2 Å². The van der Waals surface area contributed by atoms with Crippen LogP contribution in [0.15, 0.2) is 11.6 Å². The van der Waals surface area contributed by atoms with Crippen molar-refractivity contribution in [1.82, 2.24) is 4.90 Å². The van der Waals surface area contributed by atoms with Crippen molar-refractivity contribution in [3.05, 3.63) is 11.6 Å². The summed E-state index contributed by atoms with van der Waals surface area (Å²) in [6, 6.07) is 0. The molecule has 0 bridgehead atoms. The Hall–Kier alpha value is -0.300. The zero-order valence-corrected chi connectivity index (χ0v) is 7.06. The maximum Gasteiger partial charge on any atom is 0.0162 e. The fraction of sp³-hybridized carbons (Fsp3) is 0.778. The molecule has 0 aliphatic carbocycles. The molecule has 0 saturated heterocycles. The third-order valence-corrected chi connectivity index (χ3v) is 2.11. The van der Waals surface area contributed by atoms with Crippen molar-refractivity contribution >= 4 is 0 Å². The van der Waals surface area contributed by atoms with Crippen LogP contribution >= 0.6 is 0 Å². The van der Waals surface area contributed by atoms with Gasteiger partial charge in [-0.05, 0) is 39.8 Å². The molecule has 1 heterocycles. The lowest BCUT2D eigenvalue weighted by Crippen LogP contribution is -2.20. The molecule has 58 valence electrons. The van der Waals surface area contributed by atoms with Gasteiger partial charge < -0.3 is 4.90 Å². The van der Waals surface area contributed by atoms with Gasteiger partial charge in [-0.15, -0.1) is 0 Å². The van der Waals surface area contributed by atoms with E-state index in [9.17, 15) is 0 Å². The van der Waals surface area contributed by atoms with Crippen molar-refractivity contribution in [3.63, 3.8) is 0 Å². The van der Waals surface area contributed by atoms with Gasteiger partial charge in [-0.2, -0.15) is 0 Å². The summed E-state index contributed by atoms with van der Waals surface area (Å²) in [5.41, 5.74) is 1.56. The highest BCUT2D eigenvalue weighted by Crippen LogP contribution is 2.09. The summed E-state index contributed by atoms with van der Waals surface area (Å²) < 4.78 is 0. The fourth-order valence-electron chi connectivity index (χ4n) is 1.29. The van der Waals surface area contributed by atoms with Gasteiger partial charge in [-0.3, -0.25) is 0 Å². The predicted molar refractivity (Wildman–Crippen MR) is 45.1 cm³/mol. The first-order valence-electron chi connectivity index (χ1n) is 4.13. The van der Waals surface area contributed by atoms with Gasteiger partial charge in [-0.1, -0.05) is 11.6 Å². The Morgan fingerprint density at radius 2 is 2.20 bits per heavy atom. The lowest BCUT2D eigenvalue weighted by Gasteiger charge is -2.17. The van der Waals surface area contributed by atoms with E-state index in [-0.39, 0.29) is 0 Å². The summed E-state index contributed by atoms with van der Waals surface area (Å²) in [6.45, 7) is 4.65. The Morgan fingerprint density at radius 1 is 1.40 bits per heavy atom. The van der Waals surface area contributed by atoms with Gasteiger partial charge >= 0.3 is 0 Å². The summed E-state index contributed by atoms with van der Waals surface area (Å²) in [5.74, 6) is 0. The number of rotatable bonds is 0. The summed E-state index contributed by atoms with van der Waals surface area (Å²) in [4.78, 5) is 2.38. The Morgan fingerprint density at radius 3 is 3.00 bits per heavy atom. The zero-order valence-electron chi connectivity index (χ0n) is 7.06. The third-order valence-electron chi connectivity index (χ3n) is 2.11. The Labute approximate surface area is 63.7 Å². The lowest BCUT2D eigenvalue weighted by molar-refractivity contribution is 0.352. The molecule has 10 heavy (non-hydrogen) atoms. The van der Waals surface area contributed by atoms with E-state index in [1.54, 1.807) is 5.57 Å². The van der Waals surface area contributed by atoms with Gasteiger partial charge in [0.05, 0.1) is 0 Å². The average molecular weight is 139 g/mol. The van der Waals surface area contributed by atoms with E-state index in [1.165, 1.54) is 25.8 Å². The minimum atomic E-state index is 1.14. The van der Waals surface area contributed by atoms with E-state index >= 15 is 0 Å².